The van der Waals surface area contributed by atoms with E-state index in [0.717, 1.165) is 5.75 Å². The van der Waals surface area contributed by atoms with E-state index in [1.807, 2.05) is 12.1 Å². The van der Waals surface area contributed by atoms with Crippen LogP contribution in [-0.4, -0.2) is 4.98 Å². The lowest BCUT2D eigenvalue weighted by Gasteiger charge is -2.19. The van der Waals surface area contributed by atoms with Crippen molar-refractivity contribution in [3.63, 3.8) is 0 Å². The normalized spacial score (nSPS) is 11.3. The minimum atomic E-state index is 0.152. The van der Waals surface area contributed by atoms with Gasteiger partial charge in [0.05, 0.1) is 0 Å². The summed E-state index contributed by atoms with van der Waals surface area (Å²) < 4.78 is 5.71. The van der Waals surface area contributed by atoms with Gasteiger partial charge in [-0.2, -0.15) is 0 Å². The van der Waals surface area contributed by atoms with Crippen molar-refractivity contribution in [3.8, 4) is 11.5 Å². The highest BCUT2D eigenvalue weighted by Crippen LogP contribution is 2.27. The molecule has 18 heavy (non-hydrogen) atoms. The minimum absolute atomic E-state index is 0.152. The number of nitrogens with zero attached hydrogens (tertiary/aromatic N) is 1. The molecule has 0 bridgehead atoms. The fourth-order valence-electron chi connectivity index (χ4n) is 1.65. The largest absolute Gasteiger partial charge is 0.457 e. The predicted octanol–water partition coefficient (Wildman–Crippen LogP) is 3.75. The number of benzene rings is 1. The molecule has 94 valence electrons. The predicted molar refractivity (Wildman–Crippen MR) is 73.9 cm³/mol. The van der Waals surface area contributed by atoms with Crippen LogP contribution < -0.4 is 10.5 Å². The van der Waals surface area contributed by atoms with Crippen LogP contribution in [-0.2, 0) is 5.41 Å². The van der Waals surface area contributed by atoms with Crippen LogP contribution in [0, 0.1) is 0 Å². The van der Waals surface area contributed by atoms with E-state index in [1.165, 1.54) is 5.56 Å². The van der Waals surface area contributed by atoms with Crippen LogP contribution in [0.1, 0.15) is 26.3 Å². The van der Waals surface area contributed by atoms with Crippen LogP contribution in [0.4, 0.5) is 5.82 Å². The van der Waals surface area contributed by atoms with Crippen molar-refractivity contribution < 1.29 is 4.74 Å². The first-order valence-corrected chi connectivity index (χ1v) is 5.95. The molecule has 1 heterocycles. The molecule has 3 heteroatoms. The van der Waals surface area contributed by atoms with Crippen LogP contribution in [0.5, 0.6) is 11.5 Å². The van der Waals surface area contributed by atoms with E-state index in [2.05, 4.69) is 37.9 Å². The Morgan fingerprint density at radius 1 is 1.00 bits per heavy atom. The molecule has 0 fully saturated rings. The van der Waals surface area contributed by atoms with Crippen LogP contribution in [0.3, 0.4) is 0 Å². The molecular weight excluding hydrogens is 224 g/mol. The molecule has 0 atom stereocenters. The maximum Gasteiger partial charge on any atom is 0.132 e. The Balaban J connectivity index is 2.16. The van der Waals surface area contributed by atoms with E-state index in [9.17, 15) is 0 Å². The molecule has 2 aromatic rings. The number of ether oxygens (including phenoxy) is 1. The Morgan fingerprint density at radius 2 is 1.67 bits per heavy atom. The zero-order chi connectivity index (χ0) is 13.2. The maximum atomic E-state index is 5.71. The summed E-state index contributed by atoms with van der Waals surface area (Å²) in [6.07, 6.45) is 1.63. The highest BCUT2D eigenvalue weighted by Gasteiger charge is 2.13. The standard InChI is InChI=1S/C15H18N2O/c1-15(2,3)11-4-6-12(7-5-11)18-13-8-9-17-14(16)10-13/h4-10H,1-3H3,(H2,16,17). The van der Waals surface area contributed by atoms with E-state index in [1.54, 1.807) is 18.3 Å². The Kier molecular flexibility index (Phi) is 3.24. The Morgan fingerprint density at radius 3 is 2.22 bits per heavy atom. The van der Waals surface area contributed by atoms with Crippen LogP contribution in [0.2, 0.25) is 0 Å². The lowest BCUT2D eigenvalue weighted by Crippen LogP contribution is -2.10. The summed E-state index contributed by atoms with van der Waals surface area (Å²) in [7, 11) is 0. The van der Waals surface area contributed by atoms with Gasteiger partial charge in [-0.1, -0.05) is 32.9 Å². The number of pyridine rings is 1. The third-order valence-corrected chi connectivity index (χ3v) is 2.71. The Bertz CT molecular complexity index is 527. The van der Waals surface area contributed by atoms with Crippen molar-refractivity contribution in [3.05, 3.63) is 48.2 Å². The lowest BCUT2D eigenvalue weighted by atomic mass is 9.87. The van der Waals surface area contributed by atoms with E-state index in [-0.39, 0.29) is 5.41 Å². The van der Waals surface area contributed by atoms with Crippen LogP contribution in [0.25, 0.3) is 0 Å². The quantitative estimate of drug-likeness (QED) is 0.872. The molecular formula is C15H18N2O. The number of rotatable bonds is 2. The summed E-state index contributed by atoms with van der Waals surface area (Å²) in [5, 5.41) is 0. The molecule has 0 unspecified atom stereocenters. The van der Waals surface area contributed by atoms with Crippen molar-refractivity contribution in [1.29, 1.82) is 0 Å². The molecule has 0 radical (unpaired) electrons. The van der Waals surface area contributed by atoms with Gasteiger partial charge in [-0.05, 0) is 29.2 Å². The summed E-state index contributed by atoms with van der Waals surface area (Å²) in [5.74, 6) is 1.96. The van der Waals surface area contributed by atoms with Gasteiger partial charge < -0.3 is 10.5 Å². The SMILES string of the molecule is CC(C)(C)c1ccc(Oc2ccnc(N)c2)cc1. The maximum absolute atomic E-state index is 5.71. The summed E-state index contributed by atoms with van der Waals surface area (Å²) in [6, 6.07) is 11.6. The summed E-state index contributed by atoms with van der Waals surface area (Å²) >= 11 is 0. The summed E-state index contributed by atoms with van der Waals surface area (Å²) in [4.78, 5) is 3.93. The Hall–Kier alpha value is -2.03. The van der Waals surface area contributed by atoms with Crippen molar-refractivity contribution in [2.75, 3.05) is 5.73 Å². The minimum Gasteiger partial charge on any atom is -0.457 e. The molecule has 0 aliphatic rings. The zero-order valence-electron chi connectivity index (χ0n) is 11.0. The third-order valence-electron chi connectivity index (χ3n) is 2.71. The van der Waals surface area contributed by atoms with Gasteiger partial charge in [0, 0.05) is 12.3 Å². The fourth-order valence-corrected chi connectivity index (χ4v) is 1.65. The van der Waals surface area contributed by atoms with Crippen molar-refractivity contribution >= 4 is 5.82 Å². The molecule has 0 saturated carbocycles. The molecule has 3 nitrogen and oxygen atoms in total. The summed E-state index contributed by atoms with van der Waals surface area (Å²) in [5.41, 5.74) is 7.04. The number of aromatic nitrogens is 1. The van der Waals surface area contributed by atoms with Crippen LogP contribution >= 0.6 is 0 Å². The average molecular weight is 242 g/mol. The van der Waals surface area contributed by atoms with E-state index in [0.29, 0.717) is 11.6 Å². The smallest absolute Gasteiger partial charge is 0.132 e. The number of nitrogen functional groups attached to an aromatic ring is 1. The van der Waals surface area contributed by atoms with Gasteiger partial charge >= 0.3 is 0 Å². The number of anilines is 1. The number of nitrogens with two attached hydrogens (primary N) is 1. The molecule has 2 rings (SSSR count). The van der Waals surface area contributed by atoms with E-state index in [4.69, 9.17) is 10.5 Å². The van der Waals surface area contributed by atoms with Gasteiger partial charge in [0.1, 0.15) is 17.3 Å². The highest BCUT2D eigenvalue weighted by molar-refractivity contribution is 5.39. The first kappa shape index (κ1) is 12.4. The number of hydrogen-bond acceptors (Lipinski definition) is 3. The second-order valence-electron chi connectivity index (χ2n) is 5.29. The van der Waals surface area contributed by atoms with Gasteiger partial charge in [0.2, 0.25) is 0 Å². The Labute approximate surface area is 108 Å². The molecule has 0 aliphatic carbocycles. The molecule has 1 aromatic carbocycles. The van der Waals surface area contributed by atoms with Gasteiger partial charge in [0.15, 0.2) is 0 Å². The molecule has 0 spiro atoms. The van der Waals surface area contributed by atoms with Crippen molar-refractivity contribution in [2.45, 2.75) is 26.2 Å². The van der Waals surface area contributed by atoms with Crippen molar-refractivity contribution in [1.82, 2.24) is 4.98 Å². The second-order valence-corrected chi connectivity index (χ2v) is 5.29. The van der Waals surface area contributed by atoms with Gasteiger partial charge in [-0.3, -0.25) is 0 Å². The van der Waals surface area contributed by atoms with Gasteiger partial charge in [0.25, 0.3) is 0 Å². The first-order valence-electron chi connectivity index (χ1n) is 5.95. The van der Waals surface area contributed by atoms with Crippen LogP contribution in [0.15, 0.2) is 42.6 Å². The zero-order valence-corrected chi connectivity index (χ0v) is 11.0. The third kappa shape index (κ3) is 3.00. The first-order chi connectivity index (χ1) is 8.45. The van der Waals surface area contributed by atoms with E-state index < -0.39 is 0 Å². The molecule has 1 aromatic heterocycles. The monoisotopic (exact) mass is 242 g/mol. The number of hydrogen-bond donors (Lipinski definition) is 1. The summed E-state index contributed by atoms with van der Waals surface area (Å²) in [6.45, 7) is 6.56. The molecule has 0 amide bonds. The average Bonchev–Trinajstić information content (AvgIpc) is 2.28. The van der Waals surface area contributed by atoms with Gasteiger partial charge in [-0.15, -0.1) is 0 Å². The van der Waals surface area contributed by atoms with E-state index >= 15 is 0 Å². The molecule has 0 aliphatic heterocycles. The molecule has 0 saturated heterocycles. The molecule has 2 N–H and O–H groups in total. The highest BCUT2D eigenvalue weighted by atomic mass is 16.5. The van der Waals surface area contributed by atoms with Crippen molar-refractivity contribution in [2.24, 2.45) is 0 Å². The topological polar surface area (TPSA) is 48.1 Å². The second kappa shape index (κ2) is 4.69. The van der Waals surface area contributed by atoms with Gasteiger partial charge in [-0.25, -0.2) is 4.98 Å². The fraction of sp³-hybridized carbons (Fsp3) is 0.267. The lowest BCUT2D eigenvalue weighted by molar-refractivity contribution is 0.481.